The topological polar surface area (TPSA) is 234 Å². The number of carbonyl (C=O) groups excluding carboxylic acids is 4. The minimum absolute atomic E-state index is 0.0686. The quantitative estimate of drug-likeness (QED) is 0.157. The molecule has 4 rings (SSSR count). The summed E-state index contributed by atoms with van der Waals surface area (Å²) in [6.45, 7) is 5.21. The van der Waals surface area contributed by atoms with Crippen molar-refractivity contribution < 1.29 is 38.5 Å². The summed E-state index contributed by atoms with van der Waals surface area (Å²) < 4.78 is 18.2. The third-order valence-electron chi connectivity index (χ3n) is 6.75. The van der Waals surface area contributed by atoms with Gasteiger partial charge in [-0.1, -0.05) is 12.1 Å². The average molecular weight is 642 g/mol. The Hall–Kier alpha value is -5.03. The fraction of sp³-hybridized carbons (Fsp3) is 0.483. The standard InChI is InChI=1S/C29H39N9O8/c1-29(2,3)46-28(43)36-20(5-4-12-31-26(30)41)25(40)35-18-8-6-17(7-9-18)14-44-27(42)37-23-22-24(33-15-32-23)38(16-34-22)21-11-10-19(13-39)45-21/h6-9,15-16,19-21,39H,4-5,10-14H2,1-3H3,(H,35,40)(H,36,43)(H3,30,31,41)(H,32,33,37,42)/t19?,20-,21+/m0/s1. The highest BCUT2D eigenvalue weighted by molar-refractivity contribution is 5.96. The molecule has 2 aromatic heterocycles. The third kappa shape index (κ3) is 9.73. The lowest BCUT2D eigenvalue weighted by molar-refractivity contribution is -0.118. The van der Waals surface area contributed by atoms with Crippen LogP contribution in [0.25, 0.3) is 11.2 Å². The van der Waals surface area contributed by atoms with Gasteiger partial charge < -0.3 is 41.0 Å². The number of aliphatic hydroxyl groups is 1. The molecule has 5 amide bonds. The number of rotatable bonds is 12. The normalized spacial score (nSPS) is 16.8. The van der Waals surface area contributed by atoms with Gasteiger partial charge in [0.05, 0.1) is 19.0 Å². The summed E-state index contributed by atoms with van der Waals surface area (Å²) >= 11 is 0. The maximum Gasteiger partial charge on any atom is 0.413 e. The molecule has 17 heteroatoms. The van der Waals surface area contributed by atoms with Gasteiger partial charge in [-0.2, -0.15) is 0 Å². The monoisotopic (exact) mass is 641 g/mol. The van der Waals surface area contributed by atoms with Crippen LogP contribution in [0.4, 0.5) is 25.9 Å². The Morgan fingerprint density at radius 1 is 1.09 bits per heavy atom. The molecule has 17 nitrogen and oxygen atoms in total. The highest BCUT2D eigenvalue weighted by Crippen LogP contribution is 2.31. The van der Waals surface area contributed by atoms with E-state index in [1.54, 1.807) is 55.9 Å². The second-order valence-corrected chi connectivity index (χ2v) is 11.5. The first-order valence-electron chi connectivity index (χ1n) is 14.7. The highest BCUT2D eigenvalue weighted by atomic mass is 16.6. The Balaban J connectivity index is 1.30. The Morgan fingerprint density at radius 2 is 1.85 bits per heavy atom. The number of anilines is 2. The van der Waals surface area contributed by atoms with Crippen LogP contribution in [0.15, 0.2) is 36.9 Å². The number of aliphatic hydroxyl groups excluding tert-OH is 1. The summed E-state index contributed by atoms with van der Waals surface area (Å²) in [4.78, 5) is 61.6. The molecular formula is C29H39N9O8. The van der Waals surface area contributed by atoms with E-state index in [0.29, 0.717) is 41.7 Å². The summed E-state index contributed by atoms with van der Waals surface area (Å²) in [5.74, 6) is -0.317. The highest BCUT2D eigenvalue weighted by Gasteiger charge is 2.28. The van der Waals surface area contributed by atoms with Gasteiger partial charge in [-0.3, -0.25) is 14.7 Å². The molecule has 0 radical (unpaired) electrons. The van der Waals surface area contributed by atoms with Gasteiger partial charge in [0.1, 0.15) is 30.8 Å². The number of urea groups is 1. The lowest BCUT2D eigenvalue weighted by Gasteiger charge is -2.23. The lowest BCUT2D eigenvalue weighted by atomic mass is 10.1. The van der Waals surface area contributed by atoms with Gasteiger partial charge in [0.2, 0.25) is 5.91 Å². The molecule has 248 valence electrons. The number of hydrogen-bond donors (Lipinski definition) is 6. The van der Waals surface area contributed by atoms with Crippen LogP contribution < -0.4 is 27.0 Å². The van der Waals surface area contributed by atoms with Gasteiger partial charge in [0.15, 0.2) is 17.0 Å². The molecule has 0 saturated carbocycles. The molecule has 1 aliphatic heterocycles. The largest absolute Gasteiger partial charge is 0.444 e. The summed E-state index contributed by atoms with van der Waals surface area (Å²) in [7, 11) is 0. The molecule has 3 atom stereocenters. The number of nitrogens with zero attached hydrogens (tertiary/aromatic N) is 4. The van der Waals surface area contributed by atoms with Crippen LogP contribution in [0.1, 0.15) is 58.2 Å². The van der Waals surface area contributed by atoms with E-state index in [9.17, 15) is 24.3 Å². The molecule has 1 aliphatic rings. The number of aromatic nitrogens is 4. The van der Waals surface area contributed by atoms with Crippen molar-refractivity contribution in [2.24, 2.45) is 5.73 Å². The van der Waals surface area contributed by atoms with Crippen LogP contribution in [-0.4, -0.2) is 79.6 Å². The molecule has 3 heterocycles. The SMILES string of the molecule is CC(C)(C)OC(=O)N[C@@H](CCCNC(N)=O)C(=O)Nc1ccc(COC(=O)Nc2ncnc3c2ncn3[C@H]2CCC(CO)O2)cc1. The average Bonchev–Trinajstić information content (AvgIpc) is 3.65. The predicted molar refractivity (Wildman–Crippen MR) is 164 cm³/mol. The van der Waals surface area contributed by atoms with E-state index in [1.807, 2.05) is 0 Å². The summed E-state index contributed by atoms with van der Waals surface area (Å²) in [5.41, 5.74) is 6.25. The number of alkyl carbamates (subject to hydrolysis) is 1. The van der Waals surface area contributed by atoms with Crippen molar-refractivity contribution in [3.63, 3.8) is 0 Å². The number of ether oxygens (including phenoxy) is 3. The minimum Gasteiger partial charge on any atom is -0.444 e. The maximum atomic E-state index is 13.0. The minimum atomic E-state index is -0.945. The lowest BCUT2D eigenvalue weighted by Crippen LogP contribution is -2.46. The molecule has 1 saturated heterocycles. The first-order valence-corrected chi connectivity index (χ1v) is 14.7. The fourth-order valence-corrected chi connectivity index (χ4v) is 4.61. The van der Waals surface area contributed by atoms with Gasteiger partial charge in [0, 0.05) is 12.2 Å². The van der Waals surface area contributed by atoms with Gasteiger partial charge in [-0.25, -0.2) is 29.3 Å². The third-order valence-corrected chi connectivity index (χ3v) is 6.75. The first kappa shape index (κ1) is 33.9. The second-order valence-electron chi connectivity index (χ2n) is 11.5. The molecule has 46 heavy (non-hydrogen) atoms. The molecular weight excluding hydrogens is 602 g/mol. The number of nitrogens with two attached hydrogens (primary N) is 1. The number of imidazole rings is 1. The number of hydrogen-bond acceptors (Lipinski definition) is 11. The zero-order chi connectivity index (χ0) is 33.3. The van der Waals surface area contributed by atoms with Crippen LogP contribution in [0.2, 0.25) is 0 Å². The Bertz CT molecular complexity index is 1520. The zero-order valence-electron chi connectivity index (χ0n) is 25.8. The van der Waals surface area contributed by atoms with Crippen molar-refractivity contribution in [3.05, 3.63) is 42.5 Å². The summed E-state index contributed by atoms with van der Waals surface area (Å²) in [6.07, 6.45) is 2.74. The van der Waals surface area contributed by atoms with Crippen molar-refractivity contribution in [1.29, 1.82) is 0 Å². The van der Waals surface area contributed by atoms with Gasteiger partial charge in [-0.05, 0) is 64.2 Å². The van der Waals surface area contributed by atoms with Gasteiger partial charge >= 0.3 is 18.2 Å². The molecule has 0 bridgehead atoms. The number of nitrogens with one attached hydrogen (secondary N) is 4. The molecule has 3 aromatic rings. The molecule has 7 N–H and O–H groups in total. The van der Waals surface area contributed by atoms with Gasteiger partial charge in [-0.15, -0.1) is 0 Å². The van der Waals surface area contributed by atoms with E-state index < -0.39 is 35.8 Å². The Morgan fingerprint density at radius 3 is 2.52 bits per heavy atom. The van der Waals surface area contributed by atoms with E-state index >= 15 is 0 Å². The number of fused-ring (bicyclic) bond motifs is 1. The van der Waals surface area contributed by atoms with Crippen LogP contribution >= 0.6 is 0 Å². The first-order chi connectivity index (χ1) is 21.9. The molecule has 0 spiro atoms. The smallest absolute Gasteiger partial charge is 0.413 e. The van der Waals surface area contributed by atoms with Crippen molar-refractivity contribution in [3.8, 4) is 0 Å². The number of primary amides is 1. The van der Waals surface area contributed by atoms with Crippen molar-refractivity contribution in [2.45, 2.75) is 77.0 Å². The van der Waals surface area contributed by atoms with E-state index in [2.05, 4.69) is 36.2 Å². The molecule has 1 aromatic carbocycles. The zero-order valence-corrected chi connectivity index (χ0v) is 25.8. The summed E-state index contributed by atoms with van der Waals surface area (Å²) in [5, 5.41) is 19.7. The van der Waals surface area contributed by atoms with E-state index in [1.165, 1.54) is 6.33 Å². The van der Waals surface area contributed by atoms with Crippen LogP contribution in [0.5, 0.6) is 0 Å². The van der Waals surface area contributed by atoms with E-state index in [4.69, 9.17) is 19.9 Å². The Kier molecular flexibility index (Phi) is 11.3. The van der Waals surface area contributed by atoms with Crippen LogP contribution in [-0.2, 0) is 25.6 Å². The van der Waals surface area contributed by atoms with E-state index in [-0.39, 0.29) is 44.3 Å². The molecule has 1 unspecified atom stereocenters. The Labute approximate surface area is 264 Å². The van der Waals surface area contributed by atoms with Gasteiger partial charge in [0.25, 0.3) is 0 Å². The van der Waals surface area contributed by atoms with Crippen molar-refractivity contribution in [2.75, 3.05) is 23.8 Å². The number of carbonyl (C=O) groups is 4. The predicted octanol–water partition coefficient (Wildman–Crippen LogP) is 2.53. The number of benzene rings is 1. The second kappa shape index (κ2) is 15.3. The molecule has 1 fully saturated rings. The van der Waals surface area contributed by atoms with Crippen molar-refractivity contribution in [1.82, 2.24) is 30.2 Å². The van der Waals surface area contributed by atoms with Crippen molar-refractivity contribution >= 4 is 46.8 Å². The van der Waals surface area contributed by atoms with E-state index in [0.717, 1.165) is 0 Å². The fourth-order valence-electron chi connectivity index (χ4n) is 4.61. The maximum absolute atomic E-state index is 13.0. The van der Waals surface area contributed by atoms with Crippen LogP contribution in [0.3, 0.4) is 0 Å². The summed E-state index contributed by atoms with van der Waals surface area (Å²) in [6, 6.07) is 4.96. The molecule has 0 aliphatic carbocycles. The van der Waals surface area contributed by atoms with Crippen LogP contribution in [0, 0.1) is 0 Å². The number of amides is 5.